The minimum atomic E-state index is 0.793. The molecule has 2 heterocycles. The first-order valence-corrected chi connectivity index (χ1v) is 6.36. The Balaban J connectivity index is 1.72. The lowest BCUT2D eigenvalue weighted by atomic mass is 9.85. The van der Waals surface area contributed by atoms with E-state index in [1.165, 1.54) is 38.9 Å². The minimum Gasteiger partial charge on any atom is -0.312 e. The van der Waals surface area contributed by atoms with E-state index >= 15 is 0 Å². The van der Waals surface area contributed by atoms with Gasteiger partial charge in [0.15, 0.2) is 0 Å². The molecule has 0 radical (unpaired) electrons. The minimum absolute atomic E-state index is 0.793. The molecular formula is C12H25N3. The molecule has 0 aromatic heterocycles. The molecule has 2 saturated heterocycles. The molecular weight excluding hydrogens is 186 g/mol. The van der Waals surface area contributed by atoms with Gasteiger partial charge in [-0.1, -0.05) is 0 Å². The molecule has 3 nitrogen and oxygen atoms in total. The van der Waals surface area contributed by atoms with Crippen LogP contribution in [-0.4, -0.2) is 62.7 Å². The quantitative estimate of drug-likeness (QED) is 0.735. The molecule has 2 fully saturated rings. The fourth-order valence-corrected chi connectivity index (χ4v) is 2.92. The van der Waals surface area contributed by atoms with Gasteiger partial charge in [-0.05, 0) is 52.4 Å². The summed E-state index contributed by atoms with van der Waals surface area (Å²) < 4.78 is 0. The van der Waals surface area contributed by atoms with Crippen molar-refractivity contribution >= 4 is 0 Å². The number of nitrogens with zero attached hydrogens (tertiary/aromatic N) is 2. The maximum Gasteiger partial charge on any atom is 0.0120 e. The second-order valence-corrected chi connectivity index (χ2v) is 5.36. The van der Waals surface area contributed by atoms with Crippen molar-refractivity contribution in [1.82, 2.24) is 15.1 Å². The van der Waals surface area contributed by atoms with Crippen molar-refractivity contribution in [1.29, 1.82) is 0 Å². The first-order chi connectivity index (χ1) is 7.25. The lowest BCUT2D eigenvalue weighted by Gasteiger charge is -2.43. The van der Waals surface area contributed by atoms with Gasteiger partial charge in [0.25, 0.3) is 0 Å². The van der Waals surface area contributed by atoms with Crippen LogP contribution < -0.4 is 5.32 Å². The van der Waals surface area contributed by atoms with Gasteiger partial charge in [-0.15, -0.1) is 0 Å². The van der Waals surface area contributed by atoms with Crippen molar-refractivity contribution in [2.75, 3.05) is 46.8 Å². The van der Waals surface area contributed by atoms with E-state index in [1.807, 2.05) is 0 Å². The highest BCUT2D eigenvalue weighted by molar-refractivity contribution is 4.88. The van der Waals surface area contributed by atoms with Gasteiger partial charge < -0.3 is 15.1 Å². The van der Waals surface area contributed by atoms with Crippen molar-refractivity contribution < 1.29 is 0 Å². The molecule has 0 spiro atoms. The molecule has 0 aromatic carbocycles. The highest BCUT2D eigenvalue weighted by Crippen LogP contribution is 2.26. The van der Waals surface area contributed by atoms with Crippen molar-refractivity contribution in [2.24, 2.45) is 5.92 Å². The van der Waals surface area contributed by atoms with E-state index in [9.17, 15) is 0 Å². The number of likely N-dealkylation sites (N-methyl/N-ethyl adjacent to an activating group) is 1. The molecule has 3 atom stereocenters. The third-order valence-corrected chi connectivity index (χ3v) is 3.83. The van der Waals surface area contributed by atoms with Crippen LogP contribution >= 0.6 is 0 Å². The highest BCUT2D eigenvalue weighted by atomic mass is 15.2. The normalized spacial score (nSPS) is 35.8. The van der Waals surface area contributed by atoms with E-state index < -0.39 is 0 Å². The molecule has 1 N–H and O–H groups in total. The largest absolute Gasteiger partial charge is 0.312 e. The Morgan fingerprint density at radius 1 is 1.27 bits per heavy atom. The first kappa shape index (κ1) is 11.4. The molecule has 0 aliphatic carbocycles. The van der Waals surface area contributed by atoms with E-state index in [2.05, 4.69) is 29.2 Å². The van der Waals surface area contributed by atoms with Crippen LogP contribution in [0.5, 0.6) is 0 Å². The molecule has 0 amide bonds. The number of fused-ring (bicyclic) bond motifs is 2. The van der Waals surface area contributed by atoms with E-state index in [4.69, 9.17) is 0 Å². The number of hydrogen-bond donors (Lipinski definition) is 1. The van der Waals surface area contributed by atoms with Gasteiger partial charge in [-0.2, -0.15) is 0 Å². The standard InChI is InChI=1S/C12H25N3/c1-14(2)9-6-13-12-5-8-15-7-3-4-11(12)10-15/h11-13H,3-10H2,1-2H3. The number of piperidine rings is 2. The van der Waals surface area contributed by atoms with Crippen LogP contribution in [0.3, 0.4) is 0 Å². The van der Waals surface area contributed by atoms with Gasteiger partial charge in [0.1, 0.15) is 0 Å². The highest BCUT2D eigenvalue weighted by Gasteiger charge is 2.31. The summed E-state index contributed by atoms with van der Waals surface area (Å²) in [6.07, 6.45) is 4.21. The number of hydrogen-bond acceptors (Lipinski definition) is 3. The van der Waals surface area contributed by atoms with Crippen LogP contribution in [0.25, 0.3) is 0 Å². The smallest absolute Gasteiger partial charge is 0.0120 e. The maximum atomic E-state index is 3.74. The molecule has 3 heteroatoms. The van der Waals surface area contributed by atoms with Crippen LogP contribution in [0, 0.1) is 5.92 Å². The summed E-state index contributed by atoms with van der Waals surface area (Å²) in [5.41, 5.74) is 0. The van der Waals surface area contributed by atoms with Crippen molar-refractivity contribution in [3.8, 4) is 0 Å². The Hall–Kier alpha value is -0.120. The van der Waals surface area contributed by atoms with Gasteiger partial charge >= 0.3 is 0 Å². The Labute approximate surface area is 93.8 Å². The van der Waals surface area contributed by atoms with E-state index in [0.717, 1.165) is 25.0 Å². The lowest BCUT2D eigenvalue weighted by Crippen LogP contribution is -2.52. The van der Waals surface area contributed by atoms with E-state index in [0.29, 0.717) is 0 Å². The molecule has 2 bridgehead atoms. The van der Waals surface area contributed by atoms with Gasteiger partial charge in [0.2, 0.25) is 0 Å². The molecule has 0 saturated carbocycles. The van der Waals surface area contributed by atoms with Crippen molar-refractivity contribution in [2.45, 2.75) is 25.3 Å². The van der Waals surface area contributed by atoms with Gasteiger partial charge in [0, 0.05) is 25.7 Å². The van der Waals surface area contributed by atoms with Crippen LogP contribution in [0.4, 0.5) is 0 Å². The fourth-order valence-electron chi connectivity index (χ4n) is 2.92. The Bertz CT molecular complexity index is 193. The van der Waals surface area contributed by atoms with Gasteiger partial charge in [0.05, 0.1) is 0 Å². The van der Waals surface area contributed by atoms with Gasteiger partial charge in [-0.3, -0.25) is 0 Å². The molecule has 88 valence electrons. The number of rotatable bonds is 4. The molecule has 0 aromatic rings. The van der Waals surface area contributed by atoms with E-state index in [-0.39, 0.29) is 0 Å². The monoisotopic (exact) mass is 211 g/mol. The summed E-state index contributed by atoms with van der Waals surface area (Å²) >= 11 is 0. The summed E-state index contributed by atoms with van der Waals surface area (Å²) in [4.78, 5) is 4.89. The predicted molar refractivity (Wildman–Crippen MR) is 64.1 cm³/mol. The SMILES string of the molecule is CN(C)CCNC1CCN2CCCC1C2. The third kappa shape index (κ3) is 3.16. The van der Waals surface area contributed by atoms with Gasteiger partial charge in [-0.25, -0.2) is 0 Å². The first-order valence-electron chi connectivity index (χ1n) is 6.36. The molecule has 2 aliphatic rings. The maximum absolute atomic E-state index is 3.74. The lowest BCUT2D eigenvalue weighted by molar-refractivity contribution is 0.0915. The fraction of sp³-hybridized carbons (Fsp3) is 1.00. The molecule has 3 unspecified atom stereocenters. The Kier molecular flexibility index (Phi) is 4.00. The zero-order chi connectivity index (χ0) is 10.7. The van der Waals surface area contributed by atoms with Crippen LogP contribution in [-0.2, 0) is 0 Å². The second kappa shape index (κ2) is 5.28. The zero-order valence-electron chi connectivity index (χ0n) is 10.2. The van der Waals surface area contributed by atoms with Crippen molar-refractivity contribution in [3.63, 3.8) is 0 Å². The molecule has 2 rings (SSSR count). The summed E-state index contributed by atoms with van der Waals surface area (Å²) in [6.45, 7) is 6.32. The summed E-state index contributed by atoms with van der Waals surface area (Å²) in [7, 11) is 4.29. The predicted octanol–water partition coefficient (Wildman–Crippen LogP) is 0.622. The van der Waals surface area contributed by atoms with E-state index in [1.54, 1.807) is 0 Å². The number of nitrogens with one attached hydrogen (secondary N) is 1. The molecule has 2 aliphatic heterocycles. The third-order valence-electron chi connectivity index (χ3n) is 3.83. The zero-order valence-corrected chi connectivity index (χ0v) is 10.2. The average Bonchev–Trinajstić information content (AvgIpc) is 2.22. The average molecular weight is 211 g/mol. The summed E-state index contributed by atoms with van der Waals surface area (Å²) in [6, 6.07) is 0.793. The summed E-state index contributed by atoms with van der Waals surface area (Å²) in [5.74, 6) is 0.926. The second-order valence-electron chi connectivity index (χ2n) is 5.36. The van der Waals surface area contributed by atoms with Crippen LogP contribution in [0.2, 0.25) is 0 Å². The summed E-state index contributed by atoms with van der Waals surface area (Å²) in [5, 5.41) is 3.74. The Morgan fingerprint density at radius 2 is 2.13 bits per heavy atom. The van der Waals surface area contributed by atoms with Crippen molar-refractivity contribution in [3.05, 3.63) is 0 Å². The van der Waals surface area contributed by atoms with Crippen LogP contribution in [0.1, 0.15) is 19.3 Å². The van der Waals surface area contributed by atoms with Crippen LogP contribution in [0.15, 0.2) is 0 Å². The Morgan fingerprint density at radius 3 is 2.93 bits per heavy atom. The topological polar surface area (TPSA) is 18.5 Å². The molecule has 15 heavy (non-hydrogen) atoms.